The van der Waals surface area contributed by atoms with Gasteiger partial charge >= 0.3 is 5.97 Å². The molecule has 0 aromatic heterocycles. The Balaban J connectivity index is 2.04. The maximum absolute atomic E-state index is 12.2. The van der Waals surface area contributed by atoms with Crippen LogP contribution in [0.1, 0.15) is 5.56 Å². The van der Waals surface area contributed by atoms with Crippen molar-refractivity contribution in [3.63, 3.8) is 0 Å². The Morgan fingerprint density at radius 1 is 1.30 bits per heavy atom. The molecular weight excluding hydrogens is 302 g/mol. The molecule has 1 saturated heterocycles. The van der Waals surface area contributed by atoms with Gasteiger partial charge < -0.3 is 24.2 Å². The second-order valence-corrected chi connectivity index (χ2v) is 4.93. The monoisotopic (exact) mass is 321 g/mol. The fourth-order valence-corrected chi connectivity index (χ4v) is 2.23. The number of hydrogen-bond donors (Lipinski definition) is 1. The fourth-order valence-electron chi connectivity index (χ4n) is 2.23. The number of methoxy groups -OCH3 is 2. The van der Waals surface area contributed by atoms with Crippen LogP contribution < -0.4 is 9.47 Å². The quantitative estimate of drug-likeness (QED) is 0.815. The second-order valence-electron chi connectivity index (χ2n) is 4.93. The summed E-state index contributed by atoms with van der Waals surface area (Å²) in [4.78, 5) is 24.5. The van der Waals surface area contributed by atoms with E-state index in [2.05, 4.69) is 0 Å². The van der Waals surface area contributed by atoms with Crippen LogP contribution in [0.2, 0.25) is 0 Å². The number of nitrogens with zero attached hydrogens (tertiary/aromatic N) is 1. The van der Waals surface area contributed by atoms with Gasteiger partial charge in [-0.1, -0.05) is 6.07 Å². The zero-order valence-corrected chi connectivity index (χ0v) is 13.0. The van der Waals surface area contributed by atoms with E-state index in [0.29, 0.717) is 18.0 Å². The van der Waals surface area contributed by atoms with E-state index in [4.69, 9.17) is 19.3 Å². The normalized spacial score (nSPS) is 18.0. The number of morpholine rings is 1. The van der Waals surface area contributed by atoms with Crippen molar-refractivity contribution in [1.82, 2.24) is 4.90 Å². The molecule has 0 spiro atoms. The molecular formula is C16H19NO6. The van der Waals surface area contributed by atoms with Crippen molar-refractivity contribution in [2.24, 2.45) is 0 Å². The Morgan fingerprint density at radius 2 is 2.04 bits per heavy atom. The summed E-state index contributed by atoms with van der Waals surface area (Å²) in [6, 6.07) is 5.30. The first-order valence-corrected chi connectivity index (χ1v) is 7.08. The van der Waals surface area contributed by atoms with Gasteiger partial charge in [0.1, 0.15) is 0 Å². The smallest absolute Gasteiger partial charge is 0.334 e. The first kappa shape index (κ1) is 16.8. The molecule has 1 unspecified atom stereocenters. The molecule has 1 atom stereocenters. The summed E-state index contributed by atoms with van der Waals surface area (Å²) in [5, 5.41) is 8.95. The molecule has 1 aliphatic rings. The van der Waals surface area contributed by atoms with Crippen molar-refractivity contribution in [1.29, 1.82) is 0 Å². The average molecular weight is 321 g/mol. The Hall–Kier alpha value is -2.54. The predicted molar refractivity (Wildman–Crippen MR) is 82.5 cm³/mol. The van der Waals surface area contributed by atoms with E-state index in [1.165, 1.54) is 18.1 Å². The van der Waals surface area contributed by atoms with E-state index >= 15 is 0 Å². The van der Waals surface area contributed by atoms with Gasteiger partial charge in [0.05, 0.1) is 27.4 Å². The van der Waals surface area contributed by atoms with Gasteiger partial charge in [0, 0.05) is 12.6 Å². The zero-order chi connectivity index (χ0) is 16.8. The van der Waals surface area contributed by atoms with Crippen LogP contribution >= 0.6 is 0 Å². The lowest BCUT2D eigenvalue weighted by Crippen LogP contribution is -2.48. The van der Waals surface area contributed by atoms with E-state index in [1.54, 1.807) is 31.4 Å². The van der Waals surface area contributed by atoms with Gasteiger partial charge in [-0.3, -0.25) is 4.79 Å². The summed E-state index contributed by atoms with van der Waals surface area (Å²) in [7, 11) is 3.09. The van der Waals surface area contributed by atoms with Crippen LogP contribution in [-0.2, 0) is 14.3 Å². The molecule has 23 heavy (non-hydrogen) atoms. The largest absolute Gasteiger partial charge is 0.493 e. The maximum atomic E-state index is 12.2. The molecule has 0 radical (unpaired) electrons. The van der Waals surface area contributed by atoms with E-state index in [1.807, 2.05) is 0 Å². The third-order valence-electron chi connectivity index (χ3n) is 3.48. The van der Waals surface area contributed by atoms with Crippen LogP contribution in [0, 0.1) is 0 Å². The number of aliphatic carboxylic acids is 1. The Morgan fingerprint density at radius 3 is 2.70 bits per heavy atom. The van der Waals surface area contributed by atoms with Crippen molar-refractivity contribution < 1.29 is 28.9 Å². The minimum absolute atomic E-state index is 0.0461. The van der Waals surface area contributed by atoms with Crippen molar-refractivity contribution in [3.05, 3.63) is 29.8 Å². The lowest BCUT2D eigenvalue weighted by Gasteiger charge is -2.30. The Bertz CT molecular complexity index is 613. The number of hydrogen-bond acceptors (Lipinski definition) is 5. The summed E-state index contributed by atoms with van der Waals surface area (Å²) in [6.45, 7) is 0.635. The van der Waals surface area contributed by atoms with Crippen LogP contribution in [0.4, 0.5) is 0 Å². The number of benzene rings is 1. The highest BCUT2D eigenvalue weighted by Gasteiger charge is 2.27. The van der Waals surface area contributed by atoms with E-state index in [9.17, 15) is 9.59 Å². The molecule has 1 fully saturated rings. The summed E-state index contributed by atoms with van der Waals surface area (Å²) in [5.41, 5.74) is 0.777. The molecule has 124 valence electrons. The van der Waals surface area contributed by atoms with E-state index in [-0.39, 0.29) is 19.1 Å². The van der Waals surface area contributed by atoms with Gasteiger partial charge in [0.15, 0.2) is 17.6 Å². The first-order valence-electron chi connectivity index (χ1n) is 7.08. The van der Waals surface area contributed by atoms with E-state index < -0.39 is 12.1 Å². The Kier molecular flexibility index (Phi) is 5.59. The number of rotatable bonds is 5. The van der Waals surface area contributed by atoms with E-state index in [0.717, 1.165) is 5.56 Å². The fraction of sp³-hybridized carbons (Fsp3) is 0.375. The standard InChI is InChI=1S/C16H19NO6/c1-21-12-5-3-11(9-13(12)22-2)4-6-15(18)17-7-8-23-14(10-17)16(19)20/h3-6,9,14H,7-8,10H2,1-2H3,(H,19,20). The molecule has 1 aromatic carbocycles. The molecule has 2 rings (SSSR count). The second kappa shape index (κ2) is 7.64. The van der Waals surface area contributed by atoms with Crippen LogP contribution in [0.25, 0.3) is 6.08 Å². The molecule has 7 nitrogen and oxygen atoms in total. The predicted octanol–water partition coefficient (Wildman–Crippen LogP) is 1.03. The Labute approximate surface area is 134 Å². The minimum Gasteiger partial charge on any atom is -0.493 e. The summed E-state index contributed by atoms with van der Waals surface area (Å²) < 4.78 is 15.4. The molecule has 0 saturated carbocycles. The minimum atomic E-state index is -1.06. The van der Waals surface area contributed by atoms with Crippen LogP contribution in [0.3, 0.4) is 0 Å². The van der Waals surface area contributed by atoms with Gasteiger partial charge in [-0.05, 0) is 23.8 Å². The highest BCUT2D eigenvalue weighted by Crippen LogP contribution is 2.28. The molecule has 1 N–H and O–H groups in total. The molecule has 1 amide bonds. The molecule has 1 aliphatic heterocycles. The summed E-state index contributed by atoms with van der Waals surface area (Å²) in [6.07, 6.45) is 2.09. The number of ether oxygens (including phenoxy) is 3. The van der Waals surface area contributed by atoms with Crippen LogP contribution in [-0.4, -0.2) is 61.9 Å². The number of amides is 1. The van der Waals surface area contributed by atoms with Gasteiger partial charge in [-0.2, -0.15) is 0 Å². The molecule has 0 aliphatic carbocycles. The van der Waals surface area contributed by atoms with Crippen molar-refractivity contribution >= 4 is 18.0 Å². The SMILES string of the molecule is COc1ccc(C=CC(=O)N2CCOC(C(=O)O)C2)cc1OC. The van der Waals surface area contributed by atoms with Gasteiger partial charge in [-0.25, -0.2) is 4.79 Å². The average Bonchev–Trinajstić information content (AvgIpc) is 2.59. The van der Waals surface area contributed by atoms with Crippen LogP contribution in [0.15, 0.2) is 24.3 Å². The van der Waals surface area contributed by atoms with Gasteiger partial charge in [0.2, 0.25) is 5.91 Å². The molecule has 7 heteroatoms. The van der Waals surface area contributed by atoms with Crippen LogP contribution in [0.5, 0.6) is 11.5 Å². The number of carbonyl (C=O) groups excluding carboxylic acids is 1. The maximum Gasteiger partial charge on any atom is 0.334 e. The third-order valence-corrected chi connectivity index (χ3v) is 3.48. The zero-order valence-electron chi connectivity index (χ0n) is 13.0. The lowest BCUT2D eigenvalue weighted by atomic mass is 10.2. The lowest BCUT2D eigenvalue weighted by molar-refractivity contribution is -0.158. The van der Waals surface area contributed by atoms with Crippen molar-refractivity contribution in [3.8, 4) is 11.5 Å². The van der Waals surface area contributed by atoms with Gasteiger partial charge in [-0.15, -0.1) is 0 Å². The summed E-state index contributed by atoms with van der Waals surface area (Å²) in [5.74, 6) is -0.145. The van der Waals surface area contributed by atoms with Crippen molar-refractivity contribution in [2.45, 2.75) is 6.10 Å². The van der Waals surface area contributed by atoms with Crippen molar-refractivity contribution in [2.75, 3.05) is 33.9 Å². The number of carboxylic acid groups (broad SMARTS) is 1. The highest BCUT2D eigenvalue weighted by atomic mass is 16.5. The number of carboxylic acids is 1. The van der Waals surface area contributed by atoms with Gasteiger partial charge in [0.25, 0.3) is 0 Å². The third kappa shape index (κ3) is 4.23. The summed E-state index contributed by atoms with van der Waals surface area (Å²) >= 11 is 0. The topological polar surface area (TPSA) is 85.3 Å². The molecule has 1 aromatic rings. The highest BCUT2D eigenvalue weighted by molar-refractivity contribution is 5.92. The first-order chi connectivity index (χ1) is 11.0. The number of carbonyl (C=O) groups is 2. The molecule has 1 heterocycles. The molecule has 0 bridgehead atoms.